The molecule has 2 heterocycles. The van der Waals surface area contributed by atoms with Crippen molar-refractivity contribution < 1.29 is 32.9 Å². The molecule has 230 valence electrons. The van der Waals surface area contributed by atoms with Crippen LogP contribution in [-0.4, -0.2) is 41.4 Å². The Morgan fingerprint density at radius 1 is 0.911 bits per heavy atom. The number of anilines is 1. The topological polar surface area (TPSA) is 135 Å². The van der Waals surface area contributed by atoms with Gasteiger partial charge in [0.25, 0.3) is 10.0 Å². The number of aromatic nitrogens is 1. The third-order valence-electron chi connectivity index (χ3n) is 7.45. The fourth-order valence-corrected chi connectivity index (χ4v) is 7.31. The summed E-state index contributed by atoms with van der Waals surface area (Å²) in [6.07, 6.45) is 0.782. The van der Waals surface area contributed by atoms with Crippen molar-refractivity contribution in [3.8, 4) is 0 Å². The molecule has 11 heteroatoms. The molecule has 0 amide bonds. The second-order valence-corrected chi connectivity index (χ2v) is 13.3. The summed E-state index contributed by atoms with van der Waals surface area (Å²) in [5.74, 6) is -0.395. The number of benzene rings is 4. The van der Waals surface area contributed by atoms with E-state index in [1.807, 2.05) is 42.5 Å². The quantitative estimate of drug-likeness (QED) is 0.145. The van der Waals surface area contributed by atoms with Gasteiger partial charge in [0.1, 0.15) is 4.90 Å². The Kier molecular flexibility index (Phi) is 9.15. The smallest absolute Gasteiger partial charge is 0.335 e. The van der Waals surface area contributed by atoms with Gasteiger partial charge in [-0.2, -0.15) is 0 Å². The first-order valence-electron chi connectivity index (χ1n) is 14.2. The molecule has 4 aromatic carbocycles. The summed E-state index contributed by atoms with van der Waals surface area (Å²) in [6.45, 7) is -0.0605. The first-order valence-corrected chi connectivity index (χ1v) is 16.7. The summed E-state index contributed by atoms with van der Waals surface area (Å²) in [4.78, 5) is 16.5. The molecule has 0 saturated carbocycles. The van der Waals surface area contributed by atoms with E-state index in [0.717, 1.165) is 21.4 Å². The van der Waals surface area contributed by atoms with Gasteiger partial charge in [0.15, 0.2) is 6.29 Å². The standard InChI is InChI=1S/C34H30N2O7S2/c37-20-22-9-11-23(12-10-22)30-19-28(21-44-29-15-13-25(14-16-29)33(38)39)42-34(43-30)26-5-1-7-27(18-26)36-45(40,41)31-8-2-4-24-6-3-17-35-32(24)31/h1-18,28,30,34,36-37H,19-21H2,(H,38,39)/t28-,30+,34?/m0/s1. The number of nitrogens with zero attached hydrogens (tertiary/aromatic N) is 1. The molecule has 9 nitrogen and oxygen atoms in total. The number of carbonyl (C=O) groups is 1. The lowest BCUT2D eigenvalue weighted by Crippen LogP contribution is -2.31. The third-order valence-corrected chi connectivity index (χ3v) is 10.0. The van der Waals surface area contributed by atoms with Gasteiger partial charge in [0.05, 0.1) is 29.9 Å². The lowest BCUT2D eigenvalue weighted by atomic mass is 10.0. The van der Waals surface area contributed by atoms with Crippen molar-refractivity contribution in [1.82, 2.24) is 4.98 Å². The number of aliphatic hydroxyl groups excluding tert-OH is 1. The van der Waals surface area contributed by atoms with Crippen LogP contribution in [0.15, 0.2) is 119 Å². The van der Waals surface area contributed by atoms with E-state index in [-0.39, 0.29) is 29.3 Å². The summed E-state index contributed by atoms with van der Waals surface area (Å²) in [6, 6.07) is 29.8. The highest BCUT2D eigenvalue weighted by atomic mass is 32.2. The molecular weight excluding hydrogens is 613 g/mol. The number of thioether (sulfide) groups is 1. The zero-order valence-electron chi connectivity index (χ0n) is 23.9. The number of ether oxygens (including phenoxy) is 2. The summed E-state index contributed by atoms with van der Waals surface area (Å²) in [5.41, 5.74) is 3.33. The molecule has 1 aliphatic heterocycles. The molecule has 3 N–H and O–H groups in total. The maximum Gasteiger partial charge on any atom is 0.335 e. The van der Waals surface area contributed by atoms with E-state index in [9.17, 15) is 23.4 Å². The molecule has 1 aliphatic rings. The third kappa shape index (κ3) is 7.19. The number of para-hydroxylation sites is 1. The van der Waals surface area contributed by atoms with Crippen LogP contribution in [0.25, 0.3) is 10.9 Å². The minimum Gasteiger partial charge on any atom is -0.478 e. The summed E-state index contributed by atoms with van der Waals surface area (Å²) in [5, 5.41) is 19.4. The number of sulfonamides is 1. The van der Waals surface area contributed by atoms with Crippen molar-refractivity contribution in [2.45, 2.75) is 41.3 Å². The number of aliphatic hydroxyl groups is 1. The van der Waals surface area contributed by atoms with E-state index in [2.05, 4.69) is 9.71 Å². The van der Waals surface area contributed by atoms with Crippen LogP contribution in [-0.2, 0) is 26.1 Å². The van der Waals surface area contributed by atoms with Crippen LogP contribution in [0, 0.1) is 0 Å². The zero-order valence-corrected chi connectivity index (χ0v) is 25.6. The molecule has 5 aromatic rings. The zero-order chi connectivity index (χ0) is 31.4. The van der Waals surface area contributed by atoms with Gasteiger partial charge < -0.3 is 19.7 Å². The van der Waals surface area contributed by atoms with E-state index in [4.69, 9.17) is 9.47 Å². The van der Waals surface area contributed by atoms with Crippen LogP contribution in [0.1, 0.15) is 45.9 Å². The van der Waals surface area contributed by atoms with Crippen molar-refractivity contribution in [1.29, 1.82) is 0 Å². The predicted octanol–water partition coefficient (Wildman–Crippen LogP) is 6.56. The molecule has 3 atom stereocenters. The van der Waals surface area contributed by atoms with Crippen molar-refractivity contribution in [2.75, 3.05) is 10.5 Å². The minimum atomic E-state index is -3.96. The van der Waals surface area contributed by atoms with Gasteiger partial charge >= 0.3 is 5.97 Å². The van der Waals surface area contributed by atoms with Gasteiger partial charge in [-0.15, -0.1) is 11.8 Å². The normalized spacial score (nSPS) is 18.5. The maximum absolute atomic E-state index is 13.5. The number of hydrogen-bond donors (Lipinski definition) is 3. The SMILES string of the molecule is O=C(O)c1ccc(SC[C@@H]2C[C@H](c3ccc(CO)cc3)OC(c3cccc(NS(=O)(=O)c4cccc5cccnc45)c3)O2)cc1. The average molecular weight is 643 g/mol. The number of nitrogens with one attached hydrogen (secondary N) is 1. The van der Waals surface area contributed by atoms with Crippen LogP contribution >= 0.6 is 11.8 Å². The first-order chi connectivity index (χ1) is 21.8. The van der Waals surface area contributed by atoms with Crippen LogP contribution < -0.4 is 4.72 Å². The van der Waals surface area contributed by atoms with E-state index < -0.39 is 22.3 Å². The van der Waals surface area contributed by atoms with Crippen molar-refractivity contribution in [3.63, 3.8) is 0 Å². The van der Waals surface area contributed by atoms with Crippen LogP contribution in [0.5, 0.6) is 0 Å². The van der Waals surface area contributed by atoms with Crippen LogP contribution in [0.4, 0.5) is 5.69 Å². The Morgan fingerprint density at radius 2 is 1.67 bits per heavy atom. The monoisotopic (exact) mass is 642 g/mol. The van der Waals surface area contributed by atoms with Gasteiger partial charge in [0.2, 0.25) is 0 Å². The molecule has 1 unspecified atom stereocenters. The fourth-order valence-electron chi connectivity index (χ4n) is 5.16. The Balaban J connectivity index is 1.24. The maximum atomic E-state index is 13.5. The Bertz CT molecular complexity index is 1910. The van der Waals surface area contributed by atoms with Gasteiger partial charge in [-0.25, -0.2) is 13.2 Å². The number of aromatic carboxylic acids is 1. The van der Waals surface area contributed by atoms with Crippen molar-refractivity contribution in [3.05, 3.63) is 132 Å². The van der Waals surface area contributed by atoms with Crippen molar-refractivity contribution in [2.24, 2.45) is 0 Å². The molecule has 1 fully saturated rings. The highest BCUT2D eigenvalue weighted by Gasteiger charge is 2.32. The predicted molar refractivity (Wildman–Crippen MR) is 172 cm³/mol. The largest absolute Gasteiger partial charge is 0.478 e. The Morgan fingerprint density at radius 3 is 2.42 bits per heavy atom. The van der Waals surface area contributed by atoms with E-state index >= 15 is 0 Å². The second-order valence-electron chi connectivity index (χ2n) is 10.6. The highest BCUT2D eigenvalue weighted by molar-refractivity contribution is 7.99. The summed E-state index contributed by atoms with van der Waals surface area (Å²) in [7, 11) is -3.96. The van der Waals surface area contributed by atoms with Gasteiger partial charge in [-0.3, -0.25) is 9.71 Å². The summed E-state index contributed by atoms with van der Waals surface area (Å²) >= 11 is 1.55. The molecule has 0 bridgehead atoms. The van der Waals surface area contributed by atoms with Gasteiger partial charge in [-0.05, 0) is 59.7 Å². The van der Waals surface area contributed by atoms with Gasteiger partial charge in [-0.1, -0.05) is 54.6 Å². The van der Waals surface area contributed by atoms with Crippen molar-refractivity contribution >= 4 is 44.3 Å². The number of carboxylic acid groups (broad SMARTS) is 1. The molecule has 45 heavy (non-hydrogen) atoms. The number of fused-ring (bicyclic) bond motifs is 1. The molecule has 0 spiro atoms. The van der Waals surface area contributed by atoms with E-state index in [0.29, 0.717) is 28.9 Å². The molecule has 0 aliphatic carbocycles. The second kappa shape index (κ2) is 13.4. The van der Waals surface area contributed by atoms with Crippen LogP contribution in [0.2, 0.25) is 0 Å². The van der Waals surface area contributed by atoms with Crippen LogP contribution in [0.3, 0.4) is 0 Å². The molecule has 1 aromatic heterocycles. The number of rotatable bonds is 10. The number of pyridine rings is 1. The van der Waals surface area contributed by atoms with E-state index in [1.165, 1.54) is 6.07 Å². The summed E-state index contributed by atoms with van der Waals surface area (Å²) < 4.78 is 42.4. The lowest BCUT2D eigenvalue weighted by molar-refractivity contribution is -0.245. The molecule has 1 saturated heterocycles. The fraction of sp³-hybridized carbons (Fsp3) is 0.176. The average Bonchev–Trinajstić information content (AvgIpc) is 3.07. The highest BCUT2D eigenvalue weighted by Crippen LogP contribution is 2.40. The number of carboxylic acids is 1. The molecule has 0 radical (unpaired) electrons. The minimum absolute atomic E-state index is 0.0605. The van der Waals surface area contributed by atoms with Gasteiger partial charge in [0, 0.05) is 39.9 Å². The van der Waals surface area contributed by atoms with E-state index in [1.54, 1.807) is 72.6 Å². The first kappa shape index (κ1) is 30.8. The molecule has 6 rings (SSSR count). The Labute approximate surface area is 264 Å². The number of hydrogen-bond acceptors (Lipinski definition) is 8. The lowest BCUT2D eigenvalue weighted by Gasteiger charge is -2.36. The Hall–Kier alpha value is -4.26. The molecular formula is C34H30N2O7S2.